The second-order valence-electron chi connectivity index (χ2n) is 7.46. The van der Waals surface area contributed by atoms with Gasteiger partial charge in [0.25, 0.3) is 0 Å². The van der Waals surface area contributed by atoms with Crippen molar-refractivity contribution in [3.63, 3.8) is 0 Å². The molecule has 0 aliphatic carbocycles. The highest BCUT2D eigenvalue weighted by atomic mass is 32.2. The van der Waals surface area contributed by atoms with Crippen LogP contribution in [0.25, 0.3) is 11.0 Å². The van der Waals surface area contributed by atoms with Crippen LogP contribution in [-0.2, 0) is 24.1 Å². The highest BCUT2D eigenvalue weighted by Crippen LogP contribution is 2.24. The van der Waals surface area contributed by atoms with E-state index in [4.69, 9.17) is 0 Å². The summed E-state index contributed by atoms with van der Waals surface area (Å²) in [5, 5.41) is 0. The Kier molecular flexibility index (Phi) is 4.95. The molecule has 3 heterocycles. The van der Waals surface area contributed by atoms with Crippen molar-refractivity contribution in [2.45, 2.75) is 18.2 Å². The Morgan fingerprint density at radius 2 is 1.72 bits per heavy atom. The molecule has 29 heavy (non-hydrogen) atoms. The molecule has 0 unspecified atom stereocenters. The number of hydrogen-bond donors (Lipinski definition) is 0. The standard InChI is InChI=1S/C20H25N5O3S/c1-15-14-21-8-7-17(15)24-9-4-10-25(12-11-24)29(27,28)16-5-6-18-19(13-16)23(3)20(26)22(18)2/h5-8,13-14H,4,9-12H2,1-3H3. The first-order valence-corrected chi connectivity index (χ1v) is 11.1. The van der Waals surface area contributed by atoms with Crippen LogP contribution in [0.4, 0.5) is 5.69 Å². The number of aromatic nitrogens is 3. The Hall–Kier alpha value is -2.65. The fourth-order valence-electron chi connectivity index (χ4n) is 3.99. The number of hydrogen-bond acceptors (Lipinski definition) is 5. The average Bonchev–Trinajstić information content (AvgIpc) is 2.90. The van der Waals surface area contributed by atoms with E-state index >= 15 is 0 Å². The summed E-state index contributed by atoms with van der Waals surface area (Å²) < 4.78 is 31.1. The Balaban J connectivity index is 1.62. The second kappa shape index (κ2) is 7.31. The second-order valence-corrected chi connectivity index (χ2v) is 9.40. The highest BCUT2D eigenvalue weighted by molar-refractivity contribution is 7.89. The largest absolute Gasteiger partial charge is 0.370 e. The van der Waals surface area contributed by atoms with E-state index in [-0.39, 0.29) is 10.6 Å². The van der Waals surface area contributed by atoms with Crippen molar-refractivity contribution in [1.82, 2.24) is 18.4 Å². The van der Waals surface area contributed by atoms with Crippen LogP contribution in [0.3, 0.4) is 0 Å². The first-order valence-electron chi connectivity index (χ1n) is 9.62. The van der Waals surface area contributed by atoms with Crippen LogP contribution >= 0.6 is 0 Å². The lowest BCUT2D eigenvalue weighted by Gasteiger charge is -2.24. The summed E-state index contributed by atoms with van der Waals surface area (Å²) in [7, 11) is -0.305. The molecule has 8 nitrogen and oxygen atoms in total. The molecule has 1 aliphatic heterocycles. The maximum absolute atomic E-state index is 13.3. The van der Waals surface area contributed by atoms with Gasteiger partial charge < -0.3 is 4.90 Å². The van der Waals surface area contributed by atoms with Gasteiger partial charge >= 0.3 is 5.69 Å². The number of rotatable bonds is 3. The van der Waals surface area contributed by atoms with E-state index in [1.807, 2.05) is 19.2 Å². The average molecular weight is 416 g/mol. The fraction of sp³-hybridized carbons (Fsp3) is 0.400. The molecule has 1 aromatic carbocycles. The van der Waals surface area contributed by atoms with E-state index < -0.39 is 10.0 Å². The third-order valence-electron chi connectivity index (χ3n) is 5.67. The summed E-state index contributed by atoms with van der Waals surface area (Å²) >= 11 is 0. The molecule has 0 radical (unpaired) electrons. The molecule has 9 heteroatoms. The van der Waals surface area contributed by atoms with Gasteiger partial charge in [-0.2, -0.15) is 4.31 Å². The lowest BCUT2D eigenvalue weighted by Crippen LogP contribution is -2.35. The summed E-state index contributed by atoms with van der Waals surface area (Å²) in [6, 6.07) is 6.87. The van der Waals surface area contributed by atoms with Crippen molar-refractivity contribution in [1.29, 1.82) is 0 Å². The Morgan fingerprint density at radius 3 is 2.48 bits per heavy atom. The molecule has 0 bridgehead atoms. The van der Waals surface area contributed by atoms with Gasteiger partial charge in [0.15, 0.2) is 0 Å². The Bertz CT molecular complexity index is 1230. The first kappa shape index (κ1) is 19.7. The van der Waals surface area contributed by atoms with Gasteiger partial charge in [0, 0.05) is 58.4 Å². The van der Waals surface area contributed by atoms with Gasteiger partial charge in [0.2, 0.25) is 10.0 Å². The topological polar surface area (TPSA) is 80.4 Å². The van der Waals surface area contributed by atoms with Crippen LogP contribution in [0, 0.1) is 6.92 Å². The van der Waals surface area contributed by atoms with Gasteiger partial charge in [0.05, 0.1) is 15.9 Å². The number of pyridine rings is 1. The van der Waals surface area contributed by atoms with Gasteiger partial charge in [-0.3, -0.25) is 14.1 Å². The van der Waals surface area contributed by atoms with Crippen molar-refractivity contribution in [3.05, 3.63) is 52.7 Å². The molecule has 4 rings (SSSR count). The van der Waals surface area contributed by atoms with E-state index in [2.05, 4.69) is 9.88 Å². The molecule has 0 amide bonds. The lowest BCUT2D eigenvalue weighted by molar-refractivity contribution is 0.433. The molecule has 0 N–H and O–H groups in total. The highest BCUT2D eigenvalue weighted by Gasteiger charge is 2.28. The molecular weight excluding hydrogens is 390 g/mol. The number of sulfonamides is 1. The third kappa shape index (κ3) is 3.34. The Labute approximate surface area is 170 Å². The number of aryl methyl sites for hydroxylation is 3. The predicted octanol–water partition coefficient (Wildman–Crippen LogP) is 1.48. The third-order valence-corrected chi connectivity index (χ3v) is 7.56. The van der Waals surface area contributed by atoms with Crippen LogP contribution < -0.4 is 10.6 Å². The first-order chi connectivity index (χ1) is 13.8. The number of fused-ring (bicyclic) bond motifs is 1. The van der Waals surface area contributed by atoms with Crippen molar-refractivity contribution < 1.29 is 8.42 Å². The van der Waals surface area contributed by atoms with Crippen molar-refractivity contribution in [2.24, 2.45) is 14.1 Å². The van der Waals surface area contributed by atoms with Crippen LogP contribution in [-0.4, -0.2) is 53.0 Å². The van der Waals surface area contributed by atoms with Gasteiger partial charge in [-0.25, -0.2) is 13.2 Å². The van der Waals surface area contributed by atoms with Crippen LogP contribution in [0.1, 0.15) is 12.0 Å². The summed E-state index contributed by atoms with van der Waals surface area (Å²) in [6.07, 6.45) is 4.34. The molecule has 0 saturated carbocycles. The minimum Gasteiger partial charge on any atom is -0.370 e. The number of nitrogens with zero attached hydrogens (tertiary/aromatic N) is 5. The van der Waals surface area contributed by atoms with Gasteiger partial charge in [-0.15, -0.1) is 0 Å². The van der Waals surface area contributed by atoms with Crippen LogP contribution in [0.15, 0.2) is 46.3 Å². The van der Waals surface area contributed by atoms with E-state index in [0.29, 0.717) is 30.7 Å². The molecule has 1 fully saturated rings. The normalized spacial score (nSPS) is 16.3. The number of benzene rings is 1. The van der Waals surface area contributed by atoms with Crippen molar-refractivity contribution in [3.8, 4) is 0 Å². The fourth-order valence-corrected chi connectivity index (χ4v) is 5.48. The van der Waals surface area contributed by atoms with E-state index in [9.17, 15) is 13.2 Å². The van der Waals surface area contributed by atoms with Crippen molar-refractivity contribution >= 4 is 26.7 Å². The molecule has 1 saturated heterocycles. The SMILES string of the molecule is Cc1cnccc1N1CCCN(S(=O)(=O)c2ccc3c(c2)n(C)c(=O)n3C)CC1. The zero-order valence-electron chi connectivity index (χ0n) is 16.9. The maximum Gasteiger partial charge on any atom is 0.328 e. The zero-order valence-corrected chi connectivity index (χ0v) is 17.7. The zero-order chi connectivity index (χ0) is 20.8. The lowest BCUT2D eigenvalue weighted by atomic mass is 10.2. The maximum atomic E-state index is 13.3. The van der Waals surface area contributed by atoms with Gasteiger partial charge in [-0.1, -0.05) is 0 Å². The molecular formula is C20H25N5O3S. The summed E-state index contributed by atoms with van der Waals surface area (Å²) in [4.78, 5) is 18.7. The minimum absolute atomic E-state index is 0.173. The summed E-state index contributed by atoms with van der Waals surface area (Å²) in [6.45, 7) is 4.31. The monoisotopic (exact) mass is 415 g/mol. The minimum atomic E-state index is -3.64. The number of anilines is 1. The van der Waals surface area contributed by atoms with Gasteiger partial charge in [0.1, 0.15) is 0 Å². The number of imidazole rings is 1. The summed E-state index contributed by atoms with van der Waals surface area (Å²) in [5.41, 5.74) is 3.33. The van der Waals surface area contributed by atoms with E-state index in [1.54, 1.807) is 42.8 Å². The molecule has 2 aromatic heterocycles. The molecule has 154 valence electrons. The van der Waals surface area contributed by atoms with Gasteiger partial charge in [-0.05, 0) is 43.2 Å². The van der Waals surface area contributed by atoms with Crippen LogP contribution in [0.2, 0.25) is 0 Å². The summed E-state index contributed by atoms with van der Waals surface area (Å²) in [5.74, 6) is 0. The smallest absolute Gasteiger partial charge is 0.328 e. The quantitative estimate of drug-likeness (QED) is 0.647. The van der Waals surface area contributed by atoms with E-state index in [0.717, 1.165) is 24.2 Å². The van der Waals surface area contributed by atoms with Crippen LogP contribution in [0.5, 0.6) is 0 Å². The molecule has 0 spiro atoms. The van der Waals surface area contributed by atoms with Crippen molar-refractivity contribution in [2.75, 3.05) is 31.1 Å². The molecule has 0 atom stereocenters. The molecule has 3 aromatic rings. The molecule has 1 aliphatic rings. The Morgan fingerprint density at radius 1 is 0.966 bits per heavy atom. The predicted molar refractivity (Wildman–Crippen MR) is 113 cm³/mol. The van der Waals surface area contributed by atoms with E-state index in [1.165, 1.54) is 9.13 Å².